The van der Waals surface area contributed by atoms with Crippen LogP contribution in [0.5, 0.6) is 0 Å². The van der Waals surface area contributed by atoms with E-state index in [1.165, 1.54) is 17.3 Å². The highest BCUT2D eigenvalue weighted by Gasteiger charge is 2.20. The molecule has 0 aliphatic carbocycles. The molecule has 10 nitrogen and oxygen atoms in total. The molecule has 0 bridgehead atoms. The number of nitrogens with zero attached hydrogens (tertiary/aromatic N) is 4. The second kappa shape index (κ2) is 11.0. The Labute approximate surface area is 210 Å². The molecule has 3 aromatic rings. The van der Waals surface area contributed by atoms with Crippen LogP contribution in [-0.2, 0) is 18.6 Å². The summed E-state index contributed by atoms with van der Waals surface area (Å²) < 4.78 is 0. The average Bonchev–Trinajstić information content (AvgIpc) is 2.84. The lowest BCUT2D eigenvalue weighted by Crippen LogP contribution is -2.32. The zero-order valence-electron chi connectivity index (χ0n) is 20.9. The highest BCUT2D eigenvalue weighted by molar-refractivity contribution is 5.99. The van der Waals surface area contributed by atoms with Crippen LogP contribution in [-0.4, -0.2) is 62.2 Å². The van der Waals surface area contributed by atoms with E-state index in [2.05, 4.69) is 47.9 Å². The average molecular weight is 492 g/mol. The third kappa shape index (κ3) is 6.14. The number of rotatable bonds is 9. The topological polar surface area (TPSA) is 136 Å². The molecule has 190 valence electrons. The minimum absolute atomic E-state index is 0.141. The van der Waals surface area contributed by atoms with E-state index >= 15 is 0 Å². The molecular formula is C26H33N7O3. The lowest BCUT2D eigenvalue weighted by atomic mass is 9.99. The van der Waals surface area contributed by atoms with Crippen LogP contribution >= 0.6 is 0 Å². The van der Waals surface area contributed by atoms with Gasteiger partial charge in [-0.05, 0) is 62.6 Å². The van der Waals surface area contributed by atoms with Crippen LogP contribution in [0.2, 0.25) is 0 Å². The van der Waals surface area contributed by atoms with Gasteiger partial charge in [0.25, 0.3) is 5.91 Å². The molecule has 1 aliphatic rings. The second-order valence-corrected chi connectivity index (χ2v) is 9.27. The number of carbonyl (C=O) groups is 1. The summed E-state index contributed by atoms with van der Waals surface area (Å²) in [5.41, 5.74) is 2.98. The number of benzene rings is 1. The van der Waals surface area contributed by atoms with E-state index in [-0.39, 0.29) is 18.1 Å². The molecule has 0 fully saturated rings. The van der Waals surface area contributed by atoms with Gasteiger partial charge in [-0.3, -0.25) is 9.69 Å². The van der Waals surface area contributed by atoms with Crippen molar-refractivity contribution in [2.45, 2.75) is 39.3 Å². The smallest absolute Gasteiger partial charge is 0.256 e. The normalized spacial score (nSPS) is 13.7. The quantitative estimate of drug-likeness (QED) is 0.306. The highest BCUT2D eigenvalue weighted by atomic mass is 16.3. The van der Waals surface area contributed by atoms with Gasteiger partial charge < -0.3 is 26.2 Å². The maximum absolute atomic E-state index is 12.7. The number of pyridine rings is 1. The monoisotopic (exact) mass is 491 g/mol. The number of anilines is 4. The predicted octanol–water partition coefficient (Wildman–Crippen LogP) is 2.69. The van der Waals surface area contributed by atoms with Gasteiger partial charge in [-0.1, -0.05) is 12.1 Å². The van der Waals surface area contributed by atoms with E-state index in [1.807, 2.05) is 13.0 Å². The van der Waals surface area contributed by atoms with E-state index < -0.39 is 5.60 Å². The standard InChI is InChI=1S/C26H33N7O3/c1-4-27-24(35)20-15-28-25(32-23(20)31-22-7-5-6-21(30-22)26(2,3)36)29-19-9-8-17-10-11-33(12-13-34)16-18(17)14-19/h5-9,14-15,34,36H,4,10-13,16H2,1-3H3,(H,27,35)(H2,28,29,30,31,32). The lowest BCUT2D eigenvalue weighted by molar-refractivity contribution is 0.0740. The Balaban J connectivity index is 1.61. The Morgan fingerprint density at radius 1 is 1.14 bits per heavy atom. The van der Waals surface area contributed by atoms with Gasteiger partial charge in [0.15, 0.2) is 0 Å². The number of carbonyl (C=O) groups excluding carboxylic acids is 1. The molecule has 1 aliphatic heterocycles. The van der Waals surface area contributed by atoms with Crippen molar-refractivity contribution in [3.8, 4) is 0 Å². The molecule has 0 saturated carbocycles. The predicted molar refractivity (Wildman–Crippen MR) is 139 cm³/mol. The number of β-amino-alcohol motifs (C(OH)–C–C–N with tert-alkyl or cyclic N) is 1. The number of aromatic nitrogens is 3. The Kier molecular flexibility index (Phi) is 7.78. The Morgan fingerprint density at radius 3 is 2.72 bits per heavy atom. The van der Waals surface area contributed by atoms with Crippen molar-refractivity contribution in [3.05, 3.63) is 65.0 Å². The van der Waals surface area contributed by atoms with Gasteiger partial charge in [-0.25, -0.2) is 9.97 Å². The largest absolute Gasteiger partial charge is 0.395 e. The van der Waals surface area contributed by atoms with E-state index in [1.54, 1.807) is 32.0 Å². The first kappa shape index (κ1) is 25.5. The summed E-state index contributed by atoms with van der Waals surface area (Å²) >= 11 is 0. The third-order valence-corrected chi connectivity index (χ3v) is 5.96. The molecule has 0 radical (unpaired) electrons. The first-order valence-electron chi connectivity index (χ1n) is 12.1. The van der Waals surface area contributed by atoms with Crippen molar-refractivity contribution in [2.75, 3.05) is 36.9 Å². The van der Waals surface area contributed by atoms with Crippen molar-refractivity contribution < 1.29 is 15.0 Å². The Bertz CT molecular complexity index is 1230. The molecule has 0 saturated heterocycles. The van der Waals surface area contributed by atoms with Crippen LogP contribution in [0.1, 0.15) is 48.0 Å². The van der Waals surface area contributed by atoms with E-state index in [0.29, 0.717) is 36.4 Å². The minimum atomic E-state index is -1.11. The molecule has 4 rings (SSSR count). The number of aliphatic hydroxyl groups is 2. The highest BCUT2D eigenvalue weighted by Crippen LogP contribution is 2.26. The van der Waals surface area contributed by atoms with Gasteiger partial charge in [0.2, 0.25) is 5.95 Å². The van der Waals surface area contributed by atoms with E-state index in [0.717, 1.165) is 25.2 Å². The van der Waals surface area contributed by atoms with Crippen LogP contribution in [0, 0.1) is 0 Å². The van der Waals surface area contributed by atoms with Gasteiger partial charge in [-0.15, -0.1) is 0 Å². The zero-order valence-corrected chi connectivity index (χ0v) is 20.9. The number of hydrogen-bond donors (Lipinski definition) is 5. The van der Waals surface area contributed by atoms with Crippen molar-refractivity contribution in [3.63, 3.8) is 0 Å². The molecule has 36 heavy (non-hydrogen) atoms. The number of fused-ring (bicyclic) bond motifs is 1. The molecule has 3 heterocycles. The van der Waals surface area contributed by atoms with E-state index in [4.69, 9.17) is 0 Å². The van der Waals surface area contributed by atoms with Gasteiger partial charge >= 0.3 is 0 Å². The van der Waals surface area contributed by atoms with Gasteiger partial charge in [0, 0.05) is 38.1 Å². The number of nitrogens with one attached hydrogen (secondary N) is 3. The number of amides is 1. The summed E-state index contributed by atoms with van der Waals surface area (Å²) in [5.74, 6) is 0.767. The fourth-order valence-electron chi connectivity index (χ4n) is 4.08. The number of aliphatic hydroxyl groups excluding tert-OH is 1. The minimum Gasteiger partial charge on any atom is -0.395 e. The fourth-order valence-corrected chi connectivity index (χ4v) is 4.08. The van der Waals surface area contributed by atoms with E-state index in [9.17, 15) is 15.0 Å². The molecular weight excluding hydrogens is 458 g/mol. The fraction of sp³-hybridized carbons (Fsp3) is 0.385. The van der Waals surface area contributed by atoms with Crippen LogP contribution in [0.3, 0.4) is 0 Å². The number of hydrogen-bond acceptors (Lipinski definition) is 9. The van der Waals surface area contributed by atoms with Crippen molar-refractivity contribution in [2.24, 2.45) is 0 Å². The molecule has 1 aromatic carbocycles. The molecule has 2 aromatic heterocycles. The molecule has 0 spiro atoms. The molecule has 5 N–H and O–H groups in total. The van der Waals surface area contributed by atoms with Crippen molar-refractivity contribution >= 4 is 29.2 Å². The summed E-state index contributed by atoms with van der Waals surface area (Å²) in [6.45, 7) is 8.13. The summed E-state index contributed by atoms with van der Waals surface area (Å²) in [4.78, 5) is 28.3. The van der Waals surface area contributed by atoms with Crippen LogP contribution < -0.4 is 16.0 Å². The van der Waals surface area contributed by atoms with Crippen LogP contribution in [0.15, 0.2) is 42.6 Å². The first-order valence-corrected chi connectivity index (χ1v) is 12.1. The van der Waals surface area contributed by atoms with Gasteiger partial charge in [0.05, 0.1) is 12.3 Å². The van der Waals surface area contributed by atoms with Crippen molar-refractivity contribution in [1.29, 1.82) is 0 Å². The summed E-state index contributed by atoms with van der Waals surface area (Å²) in [6, 6.07) is 11.4. The van der Waals surface area contributed by atoms with Gasteiger partial charge in [-0.2, -0.15) is 4.98 Å². The molecule has 0 unspecified atom stereocenters. The Hall–Kier alpha value is -3.60. The van der Waals surface area contributed by atoms with Crippen LogP contribution in [0.25, 0.3) is 0 Å². The maximum atomic E-state index is 12.7. The van der Waals surface area contributed by atoms with Crippen molar-refractivity contribution in [1.82, 2.24) is 25.2 Å². The third-order valence-electron chi connectivity index (χ3n) is 5.96. The lowest BCUT2D eigenvalue weighted by Gasteiger charge is -2.28. The Morgan fingerprint density at radius 2 is 1.97 bits per heavy atom. The maximum Gasteiger partial charge on any atom is 0.256 e. The summed E-state index contributed by atoms with van der Waals surface area (Å²) in [5, 5.41) is 28.7. The molecule has 1 amide bonds. The summed E-state index contributed by atoms with van der Waals surface area (Å²) in [6.07, 6.45) is 2.42. The van der Waals surface area contributed by atoms with Gasteiger partial charge in [0.1, 0.15) is 22.8 Å². The first-order chi connectivity index (χ1) is 17.3. The zero-order chi connectivity index (χ0) is 25.7. The second-order valence-electron chi connectivity index (χ2n) is 9.27. The molecule has 10 heteroatoms. The van der Waals surface area contributed by atoms with Crippen LogP contribution in [0.4, 0.5) is 23.3 Å². The molecule has 0 atom stereocenters. The summed E-state index contributed by atoms with van der Waals surface area (Å²) in [7, 11) is 0. The SMILES string of the molecule is CCNC(=O)c1cnc(Nc2ccc3c(c2)CN(CCO)CC3)nc1Nc1cccc(C(C)(C)O)n1.